The first kappa shape index (κ1) is 16.2. The molecule has 3 rings (SSSR count). The van der Waals surface area contributed by atoms with Crippen molar-refractivity contribution in [2.75, 3.05) is 16.8 Å². The molecule has 0 saturated carbocycles. The molecule has 1 aromatic carbocycles. The minimum absolute atomic E-state index is 0.0414. The average molecular weight is 323 g/mol. The van der Waals surface area contributed by atoms with Gasteiger partial charge in [0.05, 0.1) is 17.8 Å². The first-order valence-corrected chi connectivity index (χ1v) is 8.16. The largest absolute Gasteiger partial charge is 0.326 e. The van der Waals surface area contributed by atoms with Crippen LogP contribution in [0, 0.1) is 5.92 Å². The molecule has 5 nitrogen and oxygen atoms in total. The molecule has 1 N–H and O–H groups in total. The molecule has 0 bridgehead atoms. The van der Waals surface area contributed by atoms with Crippen molar-refractivity contribution in [3.8, 4) is 0 Å². The van der Waals surface area contributed by atoms with Gasteiger partial charge in [-0.2, -0.15) is 0 Å². The molecule has 2 heterocycles. The molecular formula is C19H21N3O2. The Bertz CT molecular complexity index is 743. The van der Waals surface area contributed by atoms with Crippen LogP contribution in [0.5, 0.6) is 0 Å². The number of hydrogen-bond acceptors (Lipinski definition) is 3. The number of rotatable bonds is 4. The lowest BCUT2D eigenvalue weighted by molar-refractivity contribution is -0.122. The number of hydrogen-bond donors (Lipinski definition) is 1. The van der Waals surface area contributed by atoms with E-state index in [9.17, 15) is 9.59 Å². The third-order valence-electron chi connectivity index (χ3n) is 4.29. The Hall–Kier alpha value is -2.69. The second kappa shape index (κ2) is 6.83. The van der Waals surface area contributed by atoms with Crippen molar-refractivity contribution in [1.82, 2.24) is 4.98 Å². The zero-order valence-electron chi connectivity index (χ0n) is 13.9. The van der Waals surface area contributed by atoms with Gasteiger partial charge in [0.2, 0.25) is 11.8 Å². The number of anilines is 2. The van der Waals surface area contributed by atoms with Crippen molar-refractivity contribution in [3.63, 3.8) is 0 Å². The van der Waals surface area contributed by atoms with Crippen LogP contribution >= 0.6 is 0 Å². The SMILES string of the molecule is CC(C)c1ccccc1NC(=O)C1CC(=O)N(c2cccnc2)C1. The summed E-state index contributed by atoms with van der Waals surface area (Å²) in [5.74, 6) is -0.181. The fourth-order valence-corrected chi connectivity index (χ4v) is 3.00. The van der Waals surface area contributed by atoms with Crippen molar-refractivity contribution in [2.24, 2.45) is 5.92 Å². The maximum atomic E-state index is 12.6. The van der Waals surface area contributed by atoms with E-state index in [4.69, 9.17) is 0 Å². The number of nitrogens with one attached hydrogen (secondary N) is 1. The number of nitrogens with zero attached hydrogens (tertiary/aromatic N) is 2. The molecule has 2 amide bonds. The minimum Gasteiger partial charge on any atom is -0.326 e. The predicted octanol–water partition coefficient (Wildman–Crippen LogP) is 3.20. The van der Waals surface area contributed by atoms with Crippen LogP contribution in [0.2, 0.25) is 0 Å². The van der Waals surface area contributed by atoms with Crippen LogP contribution in [0.1, 0.15) is 31.7 Å². The van der Waals surface area contributed by atoms with E-state index in [0.29, 0.717) is 12.5 Å². The smallest absolute Gasteiger partial charge is 0.229 e. The lowest BCUT2D eigenvalue weighted by Crippen LogP contribution is -2.28. The van der Waals surface area contributed by atoms with E-state index < -0.39 is 0 Å². The normalized spacial score (nSPS) is 17.4. The van der Waals surface area contributed by atoms with E-state index in [1.807, 2.05) is 30.3 Å². The Kier molecular flexibility index (Phi) is 4.60. The van der Waals surface area contributed by atoms with Gasteiger partial charge < -0.3 is 10.2 Å². The first-order chi connectivity index (χ1) is 11.6. The van der Waals surface area contributed by atoms with Gasteiger partial charge in [-0.25, -0.2) is 0 Å². The summed E-state index contributed by atoms with van der Waals surface area (Å²) in [6.07, 6.45) is 3.54. The van der Waals surface area contributed by atoms with Crippen LogP contribution in [0.15, 0.2) is 48.8 Å². The number of aromatic nitrogens is 1. The Labute approximate surface area is 141 Å². The summed E-state index contributed by atoms with van der Waals surface area (Å²) in [6, 6.07) is 11.4. The predicted molar refractivity (Wildman–Crippen MR) is 93.9 cm³/mol. The number of amides is 2. The molecule has 1 saturated heterocycles. The average Bonchev–Trinajstić information content (AvgIpc) is 2.98. The summed E-state index contributed by atoms with van der Waals surface area (Å²) in [4.78, 5) is 30.5. The van der Waals surface area contributed by atoms with Gasteiger partial charge in [-0.3, -0.25) is 14.6 Å². The molecule has 1 aliphatic rings. The van der Waals surface area contributed by atoms with E-state index in [1.165, 1.54) is 0 Å². The van der Waals surface area contributed by atoms with Crippen molar-refractivity contribution in [1.29, 1.82) is 0 Å². The van der Waals surface area contributed by atoms with E-state index in [0.717, 1.165) is 16.9 Å². The fraction of sp³-hybridized carbons (Fsp3) is 0.316. The molecule has 0 aliphatic carbocycles. The molecule has 1 aliphatic heterocycles. The second-order valence-electron chi connectivity index (χ2n) is 6.35. The number of para-hydroxylation sites is 1. The standard InChI is InChI=1S/C19H21N3O2/c1-13(2)16-7-3-4-8-17(16)21-19(24)14-10-18(23)22(12-14)15-6-5-9-20-11-15/h3-9,11,13-14H,10,12H2,1-2H3,(H,21,24). The highest BCUT2D eigenvalue weighted by Crippen LogP contribution is 2.27. The number of benzene rings is 1. The fourth-order valence-electron chi connectivity index (χ4n) is 3.00. The number of carbonyl (C=O) groups excluding carboxylic acids is 2. The molecule has 124 valence electrons. The van der Waals surface area contributed by atoms with Crippen LogP contribution in [0.25, 0.3) is 0 Å². The van der Waals surface area contributed by atoms with Gasteiger partial charge in [-0.15, -0.1) is 0 Å². The molecule has 5 heteroatoms. The zero-order valence-corrected chi connectivity index (χ0v) is 13.9. The van der Waals surface area contributed by atoms with Gasteiger partial charge in [0.1, 0.15) is 0 Å². The maximum absolute atomic E-state index is 12.6. The van der Waals surface area contributed by atoms with Crippen LogP contribution in [-0.4, -0.2) is 23.3 Å². The third-order valence-corrected chi connectivity index (χ3v) is 4.29. The molecular weight excluding hydrogens is 302 g/mol. The molecule has 24 heavy (non-hydrogen) atoms. The van der Waals surface area contributed by atoms with Gasteiger partial charge in [0.15, 0.2) is 0 Å². The lowest BCUT2D eigenvalue weighted by Gasteiger charge is -2.17. The topological polar surface area (TPSA) is 62.3 Å². The van der Waals surface area contributed by atoms with Gasteiger partial charge >= 0.3 is 0 Å². The highest BCUT2D eigenvalue weighted by molar-refractivity contribution is 6.03. The Morgan fingerprint density at radius 1 is 1.25 bits per heavy atom. The van der Waals surface area contributed by atoms with Gasteiger partial charge in [0, 0.05) is 24.8 Å². The van der Waals surface area contributed by atoms with Crippen molar-refractivity contribution in [3.05, 3.63) is 54.4 Å². The summed E-state index contributed by atoms with van der Waals surface area (Å²) in [6.45, 7) is 4.57. The van der Waals surface area contributed by atoms with E-state index >= 15 is 0 Å². The van der Waals surface area contributed by atoms with E-state index in [2.05, 4.69) is 24.1 Å². The molecule has 1 fully saturated rings. The monoisotopic (exact) mass is 323 g/mol. The summed E-state index contributed by atoms with van der Waals surface area (Å²) in [5.41, 5.74) is 2.66. The highest BCUT2D eigenvalue weighted by Gasteiger charge is 2.35. The summed E-state index contributed by atoms with van der Waals surface area (Å²) in [5, 5.41) is 2.99. The molecule has 0 spiro atoms. The van der Waals surface area contributed by atoms with E-state index in [1.54, 1.807) is 23.4 Å². The molecule has 0 radical (unpaired) electrons. The van der Waals surface area contributed by atoms with Crippen LogP contribution < -0.4 is 10.2 Å². The number of pyridine rings is 1. The summed E-state index contributed by atoms with van der Waals surface area (Å²) < 4.78 is 0. The molecule has 2 aromatic rings. The summed E-state index contributed by atoms with van der Waals surface area (Å²) >= 11 is 0. The third kappa shape index (κ3) is 3.30. The van der Waals surface area contributed by atoms with Gasteiger partial charge in [-0.05, 0) is 29.7 Å². The van der Waals surface area contributed by atoms with Crippen LogP contribution in [-0.2, 0) is 9.59 Å². The molecule has 1 atom stereocenters. The lowest BCUT2D eigenvalue weighted by atomic mass is 10.0. The Balaban J connectivity index is 1.72. The highest BCUT2D eigenvalue weighted by atomic mass is 16.2. The Morgan fingerprint density at radius 2 is 2.04 bits per heavy atom. The van der Waals surface area contributed by atoms with Crippen molar-refractivity contribution >= 4 is 23.2 Å². The quantitative estimate of drug-likeness (QED) is 0.940. The van der Waals surface area contributed by atoms with Crippen LogP contribution in [0.3, 0.4) is 0 Å². The maximum Gasteiger partial charge on any atom is 0.229 e. The zero-order chi connectivity index (χ0) is 17.1. The van der Waals surface area contributed by atoms with E-state index in [-0.39, 0.29) is 24.2 Å². The van der Waals surface area contributed by atoms with Crippen LogP contribution in [0.4, 0.5) is 11.4 Å². The van der Waals surface area contributed by atoms with Crippen molar-refractivity contribution < 1.29 is 9.59 Å². The first-order valence-electron chi connectivity index (χ1n) is 8.16. The second-order valence-corrected chi connectivity index (χ2v) is 6.35. The summed E-state index contributed by atoms with van der Waals surface area (Å²) in [7, 11) is 0. The van der Waals surface area contributed by atoms with Crippen molar-refractivity contribution in [2.45, 2.75) is 26.2 Å². The van der Waals surface area contributed by atoms with Gasteiger partial charge in [-0.1, -0.05) is 32.0 Å². The molecule has 1 unspecified atom stereocenters. The molecule has 1 aromatic heterocycles. The Morgan fingerprint density at radius 3 is 2.75 bits per heavy atom. The van der Waals surface area contributed by atoms with Gasteiger partial charge in [0.25, 0.3) is 0 Å². The minimum atomic E-state index is -0.349. The number of carbonyl (C=O) groups is 2.